The van der Waals surface area contributed by atoms with Crippen molar-refractivity contribution in [1.29, 1.82) is 0 Å². The Labute approximate surface area is 174 Å². The summed E-state index contributed by atoms with van der Waals surface area (Å²) >= 11 is 0. The second-order valence-electron chi connectivity index (χ2n) is 6.39. The van der Waals surface area contributed by atoms with Gasteiger partial charge in [0.25, 0.3) is 0 Å². The molecule has 0 aliphatic rings. The number of nitrogens with two attached hydrogens (primary N) is 1. The molecule has 0 spiro atoms. The molecule has 8 nitrogen and oxygen atoms in total. The van der Waals surface area contributed by atoms with Gasteiger partial charge in [-0.3, -0.25) is 9.59 Å². The molecule has 0 unspecified atom stereocenters. The van der Waals surface area contributed by atoms with Crippen LogP contribution in [-0.2, 0) is 26.2 Å². The molecular formula is C21H20N4O4S. The number of primary sulfonamides is 1. The van der Waals surface area contributed by atoms with Crippen LogP contribution in [0.15, 0.2) is 83.8 Å². The van der Waals surface area contributed by atoms with Crippen LogP contribution in [0.5, 0.6) is 0 Å². The third-order valence-corrected chi connectivity index (χ3v) is 5.05. The lowest BCUT2D eigenvalue weighted by Gasteiger charge is -2.09. The van der Waals surface area contributed by atoms with Gasteiger partial charge >= 0.3 is 11.8 Å². The third kappa shape index (κ3) is 5.90. The van der Waals surface area contributed by atoms with Gasteiger partial charge in [-0.05, 0) is 54.1 Å². The summed E-state index contributed by atoms with van der Waals surface area (Å²) in [6.07, 6.45) is 0. The fourth-order valence-electron chi connectivity index (χ4n) is 2.57. The molecule has 0 bridgehead atoms. The number of benzene rings is 3. The molecule has 3 aromatic carbocycles. The SMILES string of the molecule is NS(=O)(=O)c1ccc(CNC(=O)C(=O)Nc2ccc(Nc3ccccc3)cc2)cc1. The lowest BCUT2D eigenvalue weighted by molar-refractivity contribution is -0.136. The van der Waals surface area contributed by atoms with Crippen LogP contribution in [0.3, 0.4) is 0 Å². The van der Waals surface area contributed by atoms with Crippen LogP contribution < -0.4 is 21.1 Å². The summed E-state index contributed by atoms with van der Waals surface area (Å²) in [5.74, 6) is -1.61. The van der Waals surface area contributed by atoms with Crippen LogP contribution in [0.4, 0.5) is 17.1 Å². The van der Waals surface area contributed by atoms with Gasteiger partial charge in [0.1, 0.15) is 0 Å². The van der Waals surface area contributed by atoms with Gasteiger partial charge in [0, 0.05) is 23.6 Å². The largest absolute Gasteiger partial charge is 0.356 e. The molecule has 0 aliphatic heterocycles. The number of carbonyl (C=O) groups is 2. The summed E-state index contributed by atoms with van der Waals surface area (Å²) in [6, 6.07) is 22.3. The average molecular weight is 424 g/mol. The van der Waals surface area contributed by atoms with Crippen LogP contribution in [0.1, 0.15) is 5.56 Å². The molecule has 0 aliphatic carbocycles. The molecule has 0 heterocycles. The zero-order valence-electron chi connectivity index (χ0n) is 15.8. The van der Waals surface area contributed by atoms with Crippen molar-refractivity contribution in [3.05, 3.63) is 84.4 Å². The van der Waals surface area contributed by atoms with E-state index in [0.29, 0.717) is 11.3 Å². The van der Waals surface area contributed by atoms with Gasteiger partial charge in [0.05, 0.1) is 4.90 Å². The molecule has 30 heavy (non-hydrogen) atoms. The van der Waals surface area contributed by atoms with Crippen molar-refractivity contribution in [2.75, 3.05) is 10.6 Å². The highest BCUT2D eigenvalue weighted by Gasteiger charge is 2.14. The van der Waals surface area contributed by atoms with E-state index in [1.807, 2.05) is 30.3 Å². The van der Waals surface area contributed by atoms with Gasteiger partial charge in [-0.2, -0.15) is 0 Å². The van der Waals surface area contributed by atoms with E-state index in [4.69, 9.17) is 5.14 Å². The van der Waals surface area contributed by atoms with Crippen molar-refractivity contribution in [1.82, 2.24) is 5.32 Å². The first-order valence-electron chi connectivity index (χ1n) is 8.94. The van der Waals surface area contributed by atoms with Crippen LogP contribution >= 0.6 is 0 Å². The number of rotatable bonds is 6. The molecule has 9 heteroatoms. The number of amides is 2. The van der Waals surface area contributed by atoms with E-state index in [-0.39, 0.29) is 11.4 Å². The molecule has 3 aromatic rings. The smallest absolute Gasteiger partial charge is 0.313 e. The molecule has 0 radical (unpaired) electrons. The highest BCUT2D eigenvalue weighted by molar-refractivity contribution is 7.89. The van der Waals surface area contributed by atoms with Crippen molar-refractivity contribution in [3.63, 3.8) is 0 Å². The van der Waals surface area contributed by atoms with Gasteiger partial charge in [0.2, 0.25) is 10.0 Å². The zero-order chi connectivity index (χ0) is 21.6. The summed E-state index contributed by atoms with van der Waals surface area (Å²) in [5.41, 5.74) is 2.88. The summed E-state index contributed by atoms with van der Waals surface area (Å²) in [7, 11) is -3.78. The lowest BCUT2D eigenvalue weighted by atomic mass is 10.2. The lowest BCUT2D eigenvalue weighted by Crippen LogP contribution is -2.34. The Hall–Kier alpha value is -3.69. The Morgan fingerprint density at radius 3 is 1.90 bits per heavy atom. The standard InChI is InChI=1S/C21H20N4O4S/c22-30(28,29)19-12-6-15(7-13-19)14-23-20(26)21(27)25-18-10-8-17(9-11-18)24-16-4-2-1-3-5-16/h1-13,24H,14H2,(H,23,26)(H,25,27)(H2,22,28,29). The molecule has 154 valence electrons. The Bertz CT molecular complexity index is 1130. The molecule has 5 N–H and O–H groups in total. The monoisotopic (exact) mass is 424 g/mol. The fraction of sp³-hybridized carbons (Fsp3) is 0.0476. The van der Waals surface area contributed by atoms with E-state index in [9.17, 15) is 18.0 Å². The molecule has 0 saturated heterocycles. The van der Waals surface area contributed by atoms with Crippen molar-refractivity contribution < 1.29 is 18.0 Å². The predicted octanol–water partition coefficient (Wildman–Crippen LogP) is 2.33. The number of hydrogen-bond donors (Lipinski definition) is 4. The zero-order valence-corrected chi connectivity index (χ0v) is 16.6. The molecule has 2 amide bonds. The Morgan fingerprint density at radius 2 is 1.30 bits per heavy atom. The van der Waals surface area contributed by atoms with Gasteiger partial charge < -0.3 is 16.0 Å². The molecule has 0 aromatic heterocycles. The van der Waals surface area contributed by atoms with Crippen LogP contribution in [-0.4, -0.2) is 20.2 Å². The summed E-state index contributed by atoms with van der Waals surface area (Å²) in [4.78, 5) is 24.0. The number of sulfonamides is 1. The number of carbonyl (C=O) groups excluding carboxylic acids is 2. The fourth-order valence-corrected chi connectivity index (χ4v) is 3.09. The van der Waals surface area contributed by atoms with Crippen molar-refractivity contribution in [2.24, 2.45) is 5.14 Å². The maximum Gasteiger partial charge on any atom is 0.313 e. The van der Waals surface area contributed by atoms with Crippen LogP contribution in [0.2, 0.25) is 0 Å². The third-order valence-electron chi connectivity index (χ3n) is 4.12. The van der Waals surface area contributed by atoms with Crippen molar-refractivity contribution in [3.8, 4) is 0 Å². The van der Waals surface area contributed by atoms with E-state index >= 15 is 0 Å². The van der Waals surface area contributed by atoms with Crippen molar-refractivity contribution >= 4 is 38.9 Å². The molecule has 0 atom stereocenters. The van der Waals surface area contributed by atoms with Crippen LogP contribution in [0.25, 0.3) is 0 Å². The van der Waals surface area contributed by atoms with E-state index in [1.165, 1.54) is 24.3 Å². The molecule has 0 fully saturated rings. The van der Waals surface area contributed by atoms with Crippen LogP contribution in [0, 0.1) is 0 Å². The molecule has 0 saturated carbocycles. The number of anilines is 3. The number of para-hydroxylation sites is 1. The second-order valence-corrected chi connectivity index (χ2v) is 7.96. The Balaban J connectivity index is 1.51. The minimum atomic E-state index is -3.78. The molecule has 3 rings (SSSR count). The maximum absolute atomic E-state index is 12.1. The minimum Gasteiger partial charge on any atom is -0.356 e. The van der Waals surface area contributed by atoms with Gasteiger partial charge in [0.15, 0.2) is 0 Å². The first-order valence-corrected chi connectivity index (χ1v) is 10.5. The highest BCUT2D eigenvalue weighted by atomic mass is 32.2. The predicted molar refractivity (Wildman–Crippen MR) is 114 cm³/mol. The summed E-state index contributed by atoms with van der Waals surface area (Å²) < 4.78 is 22.5. The minimum absolute atomic E-state index is 0.0273. The second kappa shape index (κ2) is 9.21. The first kappa shape index (κ1) is 21.0. The van der Waals surface area contributed by atoms with E-state index in [1.54, 1.807) is 24.3 Å². The van der Waals surface area contributed by atoms with E-state index in [2.05, 4.69) is 16.0 Å². The number of nitrogens with one attached hydrogen (secondary N) is 3. The summed E-state index contributed by atoms with van der Waals surface area (Å²) in [6.45, 7) is 0.0666. The number of hydrogen-bond acceptors (Lipinski definition) is 5. The highest BCUT2D eigenvalue weighted by Crippen LogP contribution is 2.18. The Morgan fingerprint density at radius 1 is 0.733 bits per heavy atom. The maximum atomic E-state index is 12.1. The van der Waals surface area contributed by atoms with E-state index in [0.717, 1.165) is 11.4 Å². The normalized spacial score (nSPS) is 10.8. The van der Waals surface area contributed by atoms with Gasteiger partial charge in [-0.1, -0.05) is 30.3 Å². The van der Waals surface area contributed by atoms with Crippen molar-refractivity contribution in [2.45, 2.75) is 11.4 Å². The van der Waals surface area contributed by atoms with Gasteiger partial charge in [-0.25, -0.2) is 13.6 Å². The first-order chi connectivity index (χ1) is 14.3. The summed E-state index contributed by atoms with van der Waals surface area (Å²) in [5, 5.41) is 13.3. The van der Waals surface area contributed by atoms with Gasteiger partial charge in [-0.15, -0.1) is 0 Å². The Kier molecular flexibility index (Phi) is 6.45. The molecular weight excluding hydrogens is 404 g/mol. The van der Waals surface area contributed by atoms with E-state index < -0.39 is 21.8 Å². The average Bonchev–Trinajstić information content (AvgIpc) is 2.74. The topological polar surface area (TPSA) is 130 Å². The quantitative estimate of drug-likeness (QED) is 0.451.